The Morgan fingerprint density at radius 1 is 0.508 bits per heavy atom. The largest absolute Gasteiger partial charge is 0.455 e. The standard InChI is InChI=1S/C62H44N2O/c1-3-48(22-15-17-43-31-33-46(34-32-43)52-27-16-21-44-18-5-8-23-51(44)52)63(49-37-39-50(40-38-49)64-59-29-13-10-25-54(59)55-26-11-14-30-60(55)64)58-28-12-7-20-47(58)36-41-56-57-42-35-45-19-6-9-24-53(45)62(57)65-61(56)4-2/h3-42H,1-2H2/b17-15+,41-36+,48-22+. The van der Waals surface area contributed by atoms with Crippen LogP contribution in [0.2, 0.25) is 0 Å². The molecule has 3 nitrogen and oxygen atoms in total. The maximum Gasteiger partial charge on any atom is 0.143 e. The lowest BCUT2D eigenvalue weighted by Gasteiger charge is -2.28. The van der Waals surface area contributed by atoms with Gasteiger partial charge in [-0.25, -0.2) is 0 Å². The molecular weight excluding hydrogens is 789 g/mol. The fourth-order valence-corrected chi connectivity index (χ4v) is 9.31. The normalized spacial score (nSPS) is 12.1. The van der Waals surface area contributed by atoms with Crippen LogP contribution < -0.4 is 4.90 Å². The number of anilines is 2. The quantitative estimate of drug-likeness (QED) is 0.121. The van der Waals surface area contributed by atoms with Crippen LogP contribution in [-0.2, 0) is 0 Å². The fourth-order valence-electron chi connectivity index (χ4n) is 9.31. The third kappa shape index (κ3) is 7.16. The molecule has 308 valence electrons. The second-order valence-corrected chi connectivity index (χ2v) is 16.2. The molecule has 2 aromatic heterocycles. The van der Waals surface area contributed by atoms with Crippen LogP contribution in [0.15, 0.2) is 242 Å². The van der Waals surface area contributed by atoms with Crippen LogP contribution in [0.1, 0.15) is 22.5 Å². The predicted molar refractivity (Wildman–Crippen MR) is 279 cm³/mol. The molecule has 0 radical (unpaired) electrons. The Labute approximate surface area is 378 Å². The minimum atomic E-state index is 0.740. The van der Waals surface area contributed by atoms with Crippen molar-refractivity contribution < 1.29 is 4.42 Å². The van der Waals surface area contributed by atoms with Gasteiger partial charge in [-0.1, -0.05) is 183 Å². The molecule has 9 aromatic carbocycles. The summed E-state index contributed by atoms with van der Waals surface area (Å²) in [5.41, 5.74) is 12.8. The van der Waals surface area contributed by atoms with E-state index in [4.69, 9.17) is 4.42 Å². The Morgan fingerprint density at radius 2 is 1.14 bits per heavy atom. The van der Waals surface area contributed by atoms with Crippen molar-refractivity contribution in [2.75, 3.05) is 4.90 Å². The number of para-hydroxylation sites is 3. The van der Waals surface area contributed by atoms with Gasteiger partial charge in [-0.2, -0.15) is 0 Å². The predicted octanol–water partition coefficient (Wildman–Crippen LogP) is 17.2. The minimum absolute atomic E-state index is 0.740. The van der Waals surface area contributed by atoms with Gasteiger partial charge in [-0.15, -0.1) is 0 Å². The highest BCUT2D eigenvalue weighted by Crippen LogP contribution is 2.39. The van der Waals surface area contributed by atoms with Gasteiger partial charge in [0.05, 0.1) is 16.7 Å². The first kappa shape index (κ1) is 39.2. The second-order valence-electron chi connectivity index (χ2n) is 16.2. The molecule has 11 aromatic rings. The maximum absolute atomic E-state index is 6.46. The summed E-state index contributed by atoms with van der Waals surface area (Å²) in [6.07, 6.45) is 14.5. The Kier molecular flexibility index (Phi) is 10.2. The van der Waals surface area contributed by atoms with E-state index in [2.05, 4.69) is 253 Å². The number of allylic oxidation sites excluding steroid dienone is 3. The van der Waals surface area contributed by atoms with Gasteiger partial charge in [0.25, 0.3) is 0 Å². The SMILES string of the molecule is C=C/C(=C\C=C\c1ccc(-c2cccc3ccccc23)cc1)N(c1ccc(-n2c3ccccc3c3ccccc32)cc1)c1ccccc1/C=C/c1c(C=C)oc2c1ccc1ccccc12. The first-order chi connectivity index (χ1) is 32.2. The molecule has 0 aliphatic rings. The molecule has 0 saturated heterocycles. The molecule has 0 bridgehead atoms. The van der Waals surface area contributed by atoms with Crippen molar-refractivity contribution in [2.24, 2.45) is 0 Å². The molecule has 0 aliphatic carbocycles. The summed E-state index contributed by atoms with van der Waals surface area (Å²) in [5.74, 6) is 0.740. The zero-order valence-corrected chi connectivity index (χ0v) is 35.8. The monoisotopic (exact) mass is 832 g/mol. The molecule has 0 fully saturated rings. The van der Waals surface area contributed by atoms with E-state index in [-0.39, 0.29) is 0 Å². The lowest BCUT2D eigenvalue weighted by Crippen LogP contribution is -2.16. The molecule has 65 heavy (non-hydrogen) atoms. The maximum atomic E-state index is 6.46. The molecule has 0 spiro atoms. The van der Waals surface area contributed by atoms with E-state index in [9.17, 15) is 0 Å². The number of nitrogens with zero attached hydrogens (tertiary/aromatic N) is 2. The van der Waals surface area contributed by atoms with Crippen molar-refractivity contribution >= 4 is 90.0 Å². The number of rotatable bonds is 11. The fraction of sp³-hybridized carbons (Fsp3) is 0. The van der Waals surface area contributed by atoms with Crippen LogP contribution in [0.4, 0.5) is 11.4 Å². The van der Waals surface area contributed by atoms with E-state index < -0.39 is 0 Å². The highest BCUT2D eigenvalue weighted by molar-refractivity contribution is 6.10. The molecule has 0 amide bonds. The Bertz CT molecular complexity index is 3630. The van der Waals surface area contributed by atoms with Crippen LogP contribution in [0, 0.1) is 0 Å². The van der Waals surface area contributed by atoms with E-state index in [0.717, 1.165) is 67.0 Å². The van der Waals surface area contributed by atoms with Gasteiger partial charge >= 0.3 is 0 Å². The topological polar surface area (TPSA) is 21.3 Å². The van der Waals surface area contributed by atoms with Crippen molar-refractivity contribution in [3.63, 3.8) is 0 Å². The van der Waals surface area contributed by atoms with Gasteiger partial charge in [-0.3, -0.25) is 0 Å². The van der Waals surface area contributed by atoms with Gasteiger partial charge in [0.2, 0.25) is 0 Å². The van der Waals surface area contributed by atoms with Crippen molar-refractivity contribution in [1.82, 2.24) is 4.57 Å². The summed E-state index contributed by atoms with van der Waals surface area (Å²) in [5, 5.41) is 8.23. The van der Waals surface area contributed by atoms with Crippen molar-refractivity contribution in [3.05, 3.63) is 260 Å². The van der Waals surface area contributed by atoms with Crippen LogP contribution in [0.5, 0.6) is 0 Å². The van der Waals surface area contributed by atoms with Crippen molar-refractivity contribution in [1.29, 1.82) is 0 Å². The average Bonchev–Trinajstić information content (AvgIpc) is 3.91. The van der Waals surface area contributed by atoms with E-state index in [1.165, 1.54) is 43.7 Å². The van der Waals surface area contributed by atoms with Gasteiger partial charge in [0, 0.05) is 44.2 Å². The Morgan fingerprint density at radius 3 is 1.86 bits per heavy atom. The van der Waals surface area contributed by atoms with Gasteiger partial charge < -0.3 is 13.9 Å². The highest BCUT2D eigenvalue weighted by atomic mass is 16.3. The number of hydrogen-bond donors (Lipinski definition) is 0. The molecule has 0 aliphatic heterocycles. The molecule has 3 heteroatoms. The summed E-state index contributed by atoms with van der Waals surface area (Å²) in [6.45, 7) is 8.48. The number of aromatic nitrogens is 1. The van der Waals surface area contributed by atoms with Crippen LogP contribution >= 0.6 is 0 Å². The summed E-state index contributed by atoms with van der Waals surface area (Å²) in [4.78, 5) is 2.28. The average molecular weight is 833 g/mol. The van der Waals surface area contributed by atoms with Gasteiger partial charge in [0.1, 0.15) is 11.3 Å². The smallest absolute Gasteiger partial charge is 0.143 e. The summed E-state index contributed by atoms with van der Waals surface area (Å²) >= 11 is 0. The number of fused-ring (bicyclic) bond motifs is 7. The Hall–Kier alpha value is -8.66. The van der Waals surface area contributed by atoms with Gasteiger partial charge in [0.15, 0.2) is 0 Å². The highest BCUT2D eigenvalue weighted by Gasteiger charge is 2.18. The van der Waals surface area contributed by atoms with Gasteiger partial charge in [-0.05, 0) is 111 Å². The minimum Gasteiger partial charge on any atom is -0.455 e. The molecule has 0 unspecified atom stereocenters. The lowest BCUT2D eigenvalue weighted by molar-refractivity contribution is 0.607. The third-order valence-corrected chi connectivity index (χ3v) is 12.4. The molecular formula is C62H44N2O. The summed E-state index contributed by atoms with van der Waals surface area (Å²) in [7, 11) is 0. The van der Waals surface area contributed by atoms with Crippen molar-refractivity contribution in [3.8, 4) is 16.8 Å². The molecule has 0 atom stereocenters. The van der Waals surface area contributed by atoms with E-state index in [0.29, 0.717) is 0 Å². The molecule has 11 rings (SSSR count). The van der Waals surface area contributed by atoms with Crippen LogP contribution in [0.3, 0.4) is 0 Å². The lowest BCUT2D eigenvalue weighted by atomic mass is 9.97. The van der Waals surface area contributed by atoms with Crippen LogP contribution in [-0.4, -0.2) is 4.57 Å². The number of furan rings is 1. The molecule has 2 heterocycles. The Balaban J connectivity index is 0.994. The summed E-state index contributed by atoms with van der Waals surface area (Å²) in [6, 6.07) is 71.0. The second kappa shape index (κ2) is 16.9. The molecule has 0 N–H and O–H groups in total. The number of hydrogen-bond acceptors (Lipinski definition) is 2. The van der Waals surface area contributed by atoms with E-state index >= 15 is 0 Å². The zero-order valence-electron chi connectivity index (χ0n) is 35.8. The number of benzene rings is 9. The first-order valence-electron chi connectivity index (χ1n) is 22.0. The van der Waals surface area contributed by atoms with E-state index in [1.54, 1.807) is 6.08 Å². The first-order valence-corrected chi connectivity index (χ1v) is 22.0. The zero-order chi connectivity index (χ0) is 43.7. The van der Waals surface area contributed by atoms with E-state index in [1.807, 2.05) is 6.08 Å². The van der Waals surface area contributed by atoms with Crippen molar-refractivity contribution in [2.45, 2.75) is 0 Å². The molecule has 0 saturated carbocycles. The third-order valence-electron chi connectivity index (χ3n) is 12.4. The van der Waals surface area contributed by atoms with Crippen LogP contribution in [0.25, 0.3) is 95.4 Å². The summed E-state index contributed by atoms with van der Waals surface area (Å²) < 4.78 is 8.81.